The minimum absolute atomic E-state index is 0.00668. The number of anilines is 3. The molecule has 1 saturated carbocycles. The molecule has 1 fully saturated rings. The molecule has 1 heterocycles. The second-order valence-corrected chi connectivity index (χ2v) is 10.3. The van der Waals surface area contributed by atoms with Gasteiger partial charge in [0.15, 0.2) is 5.82 Å². The van der Waals surface area contributed by atoms with Crippen molar-refractivity contribution in [1.82, 2.24) is 15.3 Å². The third kappa shape index (κ3) is 5.50. The Labute approximate surface area is 218 Å². The van der Waals surface area contributed by atoms with Crippen LogP contribution in [0.1, 0.15) is 30.4 Å². The summed E-state index contributed by atoms with van der Waals surface area (Å²) in [6.45, 7) is -0.298. The molecule has 1 aromatic heterocycles. The number of carboxylic acids is 1. The number of aromatic nitrogens is 2. The van der Waals surface area contributed by atoms with E-state index in [4.69, 9.17) is 16.3 Å². The summed E-state index contributed by atoms with van der Waals surface area (Å²) >= 11 is 6.38. The summed E-state index contributed by atoms with van der Waals surface area (Å²) in [5.74, 6) is 0.0265. The Morgan fingerprint density at radius 3 is 2.65 bits per heavy atom. The van der Waals surface area contributed by atoms with Gasteiger partial charge in [-0.3, -0.25) is 4.79 Å². The predicted octanol–water partition coefficient (Wildman–Crippen LogP) is 4.67. The number of allylic oxidation sites excluding steroid dienone is 1. The number of carbonyl (C=O) groups is 1. The minimum Gasteiger partial charge on any atom is -0.495 e. The summed E-state index contributed by atoms with van der Waals surface area (Å²) in [5.41, 5.74) is 2.93. The summed E-state index contributed by atoms with van der Waals surface area (Å²) in [6, 6.07) is 3.70. The van der Waals surface area contributed by atoms with Gasteiger partial charge in [-0.2, -0.15) is 4.98 Å². The molecule has 2 aromatic rings. The standard InChI is InChI=1S/C26H30ClF2N5O3/c1-37-20-10-14-5-7-17(30-12-21(28)29)6-4-13(14)9-19(20)32-26-31-11-18(27)24(34-26)33-23-16-3-2-15(8-16)22(23)25(35)36/h2-3,9-11,15-17,21-23,30H,4-8,12H2,1H3,(H,35,36)(H2,31,32,33,34)/t15-,16+,17?,22+,23-/m1/s1. The Morgan fingerprint density at radius 1 is 1.22 bits per heavy atom. The van der Waals surface area contributed by atoms with E-state index in [1.165, 1.54) is 6.20 Å². The fourth-order valence-electron chi connectivity index (χ4n) is 5.82. The highest BCUT2D eigenvalue weighted by atomic mass is 35.5. The molecule has 37 heavy (non-hydrogen) atoms. The van der Waals surface area contributed by atoms with Crippen LogP contribution < -0.4 is 20.7 Å². The largest absolute Gasteiger partial charge is 0.495 e. The fourth-order valence-corrected chi connectivity index (χ4v) is 5.97. The number of nitrogens with zero attached hydrogens (tertiary/aromatic N) is 2. The van der Waals surface area contributed by atoms with E-state index in [1.807, 2.05) is 18.2 Å². The number of aliphatic carboxylic acids is 1. The topological polar surface area (TPSA) is 108 Å². The Bertz CT molecular complexity index is 1200. The average Bonchev–Trinajstić information content (AvgIpc) is 3.41. The molecule has 4 N–H and O–H groups in total. The van der Waals surface area contributed by atoms with Gasteiger partial charge in [-0.15, -0.1) is 0 Å². The highest BCUT2D eigenvalue weighted by molar-refractivity contribution is 6.32. The van der Waals surface area contributed by atoms with Gasteiger partial charge in [0.1, 0.15) is 10.8 Å². The van der Waals surface area contributed by atoms with E-state index in [9.17, 15) is 18.7 Å². The number of alkyl halides is 2. The first-order chi connectivity index (χ1) is 17.8. The Balaban J connectivity index is 1.34. The first-order valence-corrected chi connectivity index (χ1v) is 12.9. The van der Waals surface area contributed by atoms with Crippen molar-refractivity contribution in [3.63, 3.8) is 0 Å². The summed E-state index contributed by atoms with van der Waals surface area (Å²) < 4.78 is 30.9. The number of carboxylic acid groups (broad SMARTS) is 1. The number of methoxy groups -OCH3 is 1. The highest BCUT2D eigenvalue weighted by Gasteiger charge is 2.48. The van der Waals surface area contributed by atoms with Gasteiger partial charge in [-0.05, 0) is 67.2 Å². The van der Waals surface area contributed by atoms with Crippen LogP contribution >= 0.6 is 11.6 Å². The third-order valence-corrected chi connectivity index (χ3v) is 7.92. The summed E-state index contributed by atoms with van der Waals surface area (Å²) in [4.78, 5) is 20.7. The van der Waals surface area contributed by atoms with Crippen LogP contribution in [0.2, 0.25) is 5.02 Å². The zero-order valence-electron chi connectivity index (χ0n) is 20.4. The summed E-state index contributed by atoms with van der Waals surface area (Å²) in [7, 11) is 1.58. The fraction of sp³-hybridized carbons (Fsp3) is 0.500. The van der Waals surface area contributed by atoms with Crippen LogP contribution in [0.3, 0.4) is 0 Å². The number of rotatable bonds is 9. The van der Waals surface area contributed by atoms with E-state index < -0.39 is 18.3 Å². The number of aryl methyl sites for hydroxylation is 2. The first kappa shape index (κ1) is 25.7. The van der Waals surface area contributed by atoms with Crippen LogP contribution in [-0.2, 0) is 17.6 Å². The number of ether oxygens (including phenoxy) is 1. The molecule has 0 amide bonds. The predicted molar refractivity (Wildman–Crippen MR) is 137 cm³/mol. The van der Waals surface area contributed by atoms with Crippen molar-refractivity contribution in [3.8, 4) is 5.75 Å². The Morgan fingerprint density at radius 2 is 1.95 bits per heavy atom. The number of nitrogens with one attached hydrogen (secondary N) is 3. The molecule has 1 unspecified atom stereocenters. The zero-order chi connectivity index (χ0) is 26.1. The van der Waals surface area contributed by atoms with E-state index >= 15 is 0 Å². The molecule has 0 aliphatic heterocycles. The zero-order valence-corrected chi connectivity index (χ0v) is 21.1. The Hall–Kier alpha value is -2.98. The first-order valence-electron chi connectivity index (χ1n) is 12.5. The molecule has 0 radical (unpaired) electrons. The van der Waals surface area contributed by atoms with E-state index in [-0.39, 0.29) is 30.5 Å². The quantitative estimate of drug-likeness (QED) is 0.272. The molecule has 198 valence electrons. The number of fused-ring (bicyclic) bond motifs is 3. The van der Waals surface area contributed by atoms with Crippen LogP contribution in [0.5, 0.6) is 5.75 Å². The van der Waals surface area contributed by atoms with Crippen molar-refractivity contribution < 1.29 is 23.4 Å². The van der Waals surface area contributed by atoms with Crippen LogP contribution in [0.15, 0.2) is 30.5 Å². The molecule has 3 aliphatic carbocycles. The van der Waals surface area contributed by atoms with Crippen LogP contribution in [0.25, 0.3) is 0 Å². The van der Waals surface area contributed by atoms with Gasteiger partial charge in [-0.1, -0.05) is 23.8 Å². The SMILES string of the molecule is COc1cc2c(cc1Nc1ncc(Cl)c(N[C@H]3[C@@H](C(=O)O)[C@@H]4C=C[C@H]3C4)n1)CCC(NCC(F)F)CC2. The summed E-state index contributed by atoms with van der Waals surface area (Å²) in [6.07, 6.45) is 7.01. The second-order valence-electron chi connectivity index (χ2n) is 9.89. The average molecular weight is 534 g/mol. The number of hydrogen-bond donors (Lipinski definition) is 4. The van der Waals surface area contributed by atoms with Crippen molar-refractivity contribution in [2.45, 2.75) is 50.6 Å². The molecule has 5 atom stereocenters. The van der Waals surface area contributed by atoms with Crippen LogP contribution in [0, 0.1) is 17.8 Å². The van der Waals surface area contributed by atoms with Crippen LogP contribution in [0.4, 0.5) is 26.2 Å². The van der Waals surface area contributed by atoms with Gasteiger partial charge in [0, 0.05) is 12.1 Å². The number of halogens is 3. The van der Waals surface area contributed by atoms with Crippen LogP contribution in [-0.4, -0.2) is 53.2 Å². The maximum Gasteiger partial charge on any atom is 0.309 e. The third-order valence-electron chi connectivity index (χ3n) is 7.65. The number of hydrogen-bond acceptors (Lipinski definition) is 7. The van der Waals surface area contributed by atoms with E-state index in [1.54, 1.807) is 7.11 Å². The van der Waals surface area contributed by atoms with Gasteiger partial charge < -0.3 is 25.8 Å². The molecule has 3 aliphatic rings. The number of benzene rings is 1. The molecule has 2 bridgehead atoms. The van der Waals surface area contributed by atoms with Crippen molar-refractivity contribution in [2.75, 3.05) is 24.3 Å². The lowest BCUT2D eigenvalue weighted by Crippen LogP contribution is -2.38. The van der Waals surface area contributed by atoms with Crippen molar-refractivity contribution >= 4 is 35.0 Å². The van der Waals surface area contributed by atoms with Crippen molar-refractivity contribution in [3.05, 3.63) is 46.6 Å². The molecule has 8 nitrogen and oxygen atoms in total. The highest BCUT2D eigenvalue weighted by Crippen LogP contribution is 2.45. The minimum atomic E-state index is -2.37. The summed E-state index contributed by atoms with van der Waals surface area (Å²) in [5, 5.41) is 19.5. The lowest BCUT2D eigenvalue weighted by atomic mass is 9.89. The van der Waals surface area contributed by atoms with E-state index in [0.717, 1.165) is 43.2 Å². The van der Waals surface area contributed by atoms with Gasteiger partial charge >= 0.3 is 5.97 Å². The van der Waals surface area contributed by atoms with Crippen molar-refractivity contribution in [2.24, 2.45) is 17.8 Å². The molecule has 1 aromatic carbocycles. The lowest BCUT2D eigenvalue weighted by molar-refractivity contribution is -0.142. The normalized spacial score (nSPS) is 26.1. The van der Waals surface area contributed by atoms with E-state index in [2.05, 4.69) is 32.0 Å². The smallest absolute Gasteiger partial charge is 0.309 e. The van der Waals surface area contributed by atoms with Gasteiger partial charge in [0.2, 0.25) is 5.95 Å². The van der Waals surface area contributed by atoms with E-state index in [0.29, 0.717) is 28.2 Å². The van der Waals surface area contributed by atoms with Gasteiger partial charge in [0.25, 0.3) is 6.43 Å². The van der Waals surface area contributed by atoms with Gasteiger partial charge in [-0.25, -0.2) is 13.8 Å². The molecule has 0 saturated heterocycles. The Kier molecular flexibility index (Phi) is 7.48. The molecular formula is C26H30ClF2N5O3. The maximum absolute atomic E-state index is 12.6. The molecule has 5 rings (SSSR count). The molecular weight excluding hydrogens is 504 g/mol. The molecule has 11 heteroatoms. The van der Waals surface area contributed by atoms with Gasteiger partial charge in [0.05, 0.1) is 31.5 Å². The second kappa shape index (κ2) is 10.8. The molecule has 0 spiro atoms. The van der Waals surface area contributed by atoms with Crippen molar-refractivity contribution in [1.29, 1.82) is 0 Å². The lowest BCUT2D eigenvalue weighted by Gasteiger charge is -2.26. The maximum atomic E-state index is 12.6. The monoisotopic (exact) mass is 533 g/mol.